The van der Waals surface area contributed by atoms with Gasteiger partial charge in [-0.25, -0.2) is 4.98 Å². The van der Waals surface area contributed by atoms with E-state index in [0.29, 0.717) is 25.1 Å². The first kappa shape index (κ1) is 15.0. The van der Waals surface area contributed by atoms with E-state index in [4.69, 9.17) is 14.2 Å². The summed E-state index contributed by atoms with van der Waals surface area (Å²) in [5, 5.41) is 3.30. The van der Waals surface area contributed by atoms with E-state index in [2.05, 4.69) is 22.2 Å². The van der Waals surface area contributed by atoms with E-state index in [0.717, 1.165) is 25.2 Å². The summed E-state index contributed by atoms with van der Waals surface area (Å²) >= 11 is 0. The van der Waals surface area contributed by atoms with Gasteiger partial charge in [0, 0.05) is 24.8 Å². The maximum absolute atomic E-state index is 5.76. The van der Waals surface area contributed by atoms with Crippen LogP contribution in [-0.4, -0.2) is 48.5 Å². The zero-order valence-corrected chi connectivity index (χ0v) is 12.4. The molecule has 0 bridgehead atoms. The number of nitrogens with zero attached hydrogens (tertiary/aromatic N) is 2. The van der Waals surface area contributed by atoms with Gasteiger partial charge < -0.3 is 19.5 Å². The summed E-state index contributed by atoms with van der Waals surface area (Å²) in [5.41, 5.74) is 0.831. The number of aryl methyl sites for hydroxylation is 1. The Labute approximate surface area is 119 Å². The fourth-order valence-electron chi connectivity index (χ4n) is 2.00. The van der Waals surface area contributed by atoms with Crippen molar-refractivity contribution in [3.05, 3.63) is 11.8 Å². The van der Waals surface area contributed by atoms with Crippen LogP contribution in [0.5, 0.6) is 11.9 Å². The molecule has 2 heterocycles. The van der Waals surface area contributed by atoms with Crippen LogP contribution in [0.4, 0.5) is 0 Å². The second-order valence-corrected chi connectivity index (χ2v) is 5.02. The molecular weight excluding hydrogens is 258 g/mol. The Morgan fingerprint density at radius 3 is 2.95 bits per heavy atom. The molecule has 1 aromatic heterocycles. The number of hydrogen-bond acceptors (Lipinski definition) is 6. The molecule has 2 rings (SSSR count). The molecular formula is C14H23N3O3. The number of morpholine rings is 1. The molecule has 0 spiro atoms. The molecule has 0 radical (unpaired) electrons. The molecule has 1 aliphatic heterocycles. The number of ether oxygens (including phenoxy) is 3. The van der Waals surface area contributed by atoms with E-state index in [1.54, 1.807) is 0 Å². The first-order valence-electron chi connectivity index (χ1n) is 7.15. The van der Waals surface area contributed by atoms with Gasteiger partial charge in [-0.3, -0.25) is 0 Å². The molecule has 20 heavy (non-hydrogen) atoms. The Bertz CT molecular complexity index is 428. The predicted molar refractivity (Wildman–Crippen MR) is 75.3 cm³/mol. The van der Waals surface area contributed by atoms with Gasteiger partial charge in [0.1, 0.15) is 12.7 Å². The van der Waals surface area contributed by atoms with Crippen LogP contribution in [0.3, 0.4) is 0 Å². The molecule has 2 atom stereocenters. The minimum absolute atomic E-state index is 0.0304. The highest BCUT2D eigenvalue weighted by atomic mass is 16.5. The van der Waals surface area contributed by atoms with Gasteiger partial charge in [0.2, 0.25) is 5.88 Å². The summed E-state index contributed by atoms with van der Waals surface area (Å²) < 4.78 is 16.9. The number of hydrogen-bond donors (Lipinski definition) is 1. The first-order valence-corrected chi connectivity index (χ1v) is 7.15. The molecule has 1 aromatic rings. The fraction of sp³-hybridized carbons (Fsp3) is 0.714. The van der Waals surface area contributed by atoms with E-state index in [1.165, 1.54) is 0 Å². The predicted octanol–water partition coefficient (Wildman–Crippen LogP) is 1.33. The van der Waals surface area contributed by atoms with Crippen molar-refractivity contribution in [1.29, 1.82) is 0 Å². The maximum atomic E-state index is 5.76. The smallest absolute Gasteiger partial charge is 0.320 e. The van der Waals surface area contributed by atoms with Crippen molar-refractivity contribution < 1.29 is 14.2 Å². The molecule has 1 fully saturated rings. The van der Waals surface area contributed by atoms with Crippen molar-refractivity contribution in [3.63, 3.8) is 0 Å². The lowest BCUT2D eigenvalue weighted by Crippen LogP contribution is -2.45. The van der Waals surface area contributed by atoms with E-state index in [9.17, 15) is 0 Å². The van der Waals surface area contributed by atoms with Crippen LogP contribution in [0.15, 0.2) is 6.07 Å². The van der Waals surface area contributed by atoms with Crippen molar-refractivity contribution in [2.45, 2.75) is 39.4 Å². The Morgan fingerprint density at radius 2 is 2.20 bits per heavy atom. The third kappa shape index (κ3) is 4.61. The molecule has 0 saturated carbocycles. The summed E-state index contributed by atoms with van der Waals surface area (Å²) in [6.07, 6.45) is 1.18. The molecule has 6 nitrogen and oxygen atoms in total. The van der Waals surface area contributed by atoms with Gasteiger partial charge in [0.05, 0.1) is 12.7 Å². The lowest BCUT2D eigenvalue weighted by atomic mass is 10.2. The maximum Gasteiger partial charge on any atom is 0.320 e. The number of nitrogens with one attached hydrogen (secondary N) is 1. The minimum atomic E-state index is 0.0304. The van der Waals surface area contributed by atoms with Crippen LogP contribution in [0.25, 0.3) is 0 Å². The van der Waals surface area contributed by atoms with Crippen molar-refractivity contribution in [2.75, 3.05) is 26.3 Å². The van der Waals surface area contributed by atoms with Crippen molar-refractivity contribution >= 4 is 0 Å². The van der Waals surface area contributed by atoms with E-state index in [-0.39, 0.29) is 12.2 Å². The second-order valence-electron chi connectivity index (χ2n) is 5.02. The minimum Gasteiger partial charge on any atom is -0.478 e. The molecule has 0 amide bonds. The SMILES string of the molecule is CCCOc1cc(C)nc(OCC2CNCC(C)O2)n1. The fourth-order valence-corrected chi connectivity index (χ4v) is 2.00. The van der Waals surface area contributed by atoms with E-state index in [1.807, 2.05) is 19.9 Å². The first-order chi connectivity index (χ1) is 9.67. The molecule has 1 saturated heterocycles. The summed E-state index contributed by atoms with van der Waals surface area (Å²) in [4.78, 5) is 8.50. The summed E-state index contributed by atoms with van der Waals surface area (Å²) in [7, 11) is 0. The van der Waals surface area contributed by atoms with Gasteiger partial charge >= 0.3 is 6.01 Å². The summed E-state index contributed by atoms with van der Waals surface area (Å²) in [6, 6.07) is 2.15. The molecule has 112 valence electrons. The topological polar surface area (TPSA) is 65.5 Å². The van der Waals surface area contributed by atoms with Gasteiger partial charge in [-0.2, -0.15) is 4.98 Å². The third-order valence-corrected chi connectivity index (χ3v) is 2.89. The average Bonchev–Trinajstić information content (AvgIpc) is 2.42. The Kier molecular flexibility index (Phi) is 5.55. The lowest BCUT2D eigenvalue weighted by molar-refractivity contribution is -0.0484. The lowest BCUT2D eigenvalue weighted by Gasteiger charge is -2.28. The molecule has 2 unspecified atom stereocenters. The average molecular weight is 281 g/mol. The quantitative estimate of drug-likeness (QED) is 0.848. The van der Waals surface area contributed by atoms with Gasteiger partial charge in [-0.15, -0.1) is 0 Å². The zero-order chi connectivity index (χ0) is 14.4. The van der Waals surface area contributed by atoms with Crippen LogP contribution in [0.1, 0.15) is 26.0 Å². The van der Waals surface area contributed by atoms with Crippen LogP contribution in [0, 0.1) is 6.92 Å². The summed E-state index contributed by atoms with van der Waals surface area (Å²) in [6.45, 7) is 8.74. The number of aromatic nitrogens is 2. The standard InChI is InChI=1S/C14H23N3O3/c1-4-5-18-13-6-10(2)16-14(17-13)19-9-12-8-15-7-11(3)20-12/h6,11-12,15H,4-5,7-9H2,1-3H3. The molecule has 0 aliphatic carbocycles. The van der Waals surface area contributed by atoms with Gasteiger partial charge in [0.25, 0.3) is 0 Å². The normalized spacial score (nSPS) is 22.6. The Balaban J connectivity index is 1.89. The molecule has 6 heteroatoms. The van der Waals surface area contributed by atoms with Crippen molar-refractivity contribution in [1.82, 2.24) is 15.3 Å². The molecule has 0 aromatic carbocycles. The monoisotopic (exact) mass is 281 g/mol. The van der Waals surface area contributed by atoms with Crippen molar-refractivity contribution in [3.8, 4) is 11.9 Å². The van der Waals surface area contributed by atoms with Crippen molar-refractivity contribution in [2.24, 2.45) is 0 Å². The highest BCUT2D eigenvalue weighted by molar-refractivity contribution is 5.17. The van der Waals surface area contributed by atoms with Crippen LogP contribution < -0.4 is 14.8 Å². The second kappa shape index (κ2) is 7.40. The summed E-state index contributed by atoms with van der Waals surface area (Å²) in [5.74, 6) is 0.561. The van der Waals surface area contributed by atoms with Crippen LogP contribution in [-0.2, 0) is 4.74 Å². The van der Waals surface area contributed by atoms with Gasteiger partial charge in [-0.1, -0.05) is 6.92 Å². The Hall–Kier alpha value is -1.40. The highest BCUT2D eigenvalue weighted by Gasteiger charge is 2.19. The van der Waals surface area contributed by atoms with Crippen LogP contribution in [0.2, 0.25) is 0 Å². The molecule has 1 N–H and O–H groups in total. The van der Waals surface area contributed by atoms with Crippen LogP contribution >= 0.6 is 0 Å². The Morgan fingerprint density at radius 1 is 1.35 bits per heavy atom. The number of rotatable bonds is 6. The van der Waals surface area contributed by atoms with E-state index >= 15 is 0 Å². The highest BCUT2D eigenvalue weighted by Crippen LogP contribution is 2.14. The molecule has 1 aliphatic rings. The largest absolute Gasteiger partial charge is 0.478 e. The van der Waals surface area contributed by atoms with Gasteiger partial charge in [0.15, 0.2) is 0 Å². The van der Waals surface area contributed by atoms with E-state index < -0.39 is 0 Å². The van der Waals surface area contributed by atoms with Gasteiger partial charge in [-0.05, 0) is 20.3 Å². The zero-order valence-electron chi connectivity index (χ0n) is 12.4. The third-order valence-electron chi connectivity index (χ3n) is 2.89.